The normalized spacial score (nSPS) is 10.7. The number of urea groups is 1. The molecule has 0 saturated carbocycles. The van der Waals surface area contributed by atoms with Gasteiger partial charge in [-0.2, -0.15) is 0 Å². The number of benzene rings is 2. The molecule has 3 N–H and O–H groups in total. The molecule has 0 radical (unpaired) electrons. The Labute approximate surface area is 155 Å². The minimum atomic E-state index is -0.316. The van der Waals surface area contributed by atoms with Gasteiger partial charge in [-0.3, -0.25) is 0 Å². The summed E-state index contributed by atoms with van der Waals surface area (Å²) < 4.78 is 12.9. The van der Waals surface area contributed by atoms with Gasteiger partial charge in [0, 0.05) is 30.0 Å². The van der Waals surface area contributed by atoms with Crippen LogP contribution in [-0.2, 0) is 6.54 Å². The van der Waals surface area contributed by atoms with Gasteiger partial charge < -0.3 is 15.6 Å². The van der Waals surface area contributed by atoms with Gasteiger partial charge in [-0.15, -0.1) is 0 Å². The molecule has 6 heteroatoms. The molecular weight excluding hydrogens is 343 g/mol. The van der Waals surface area contributed by atoms with Crippen LogP contribution in [0.3, 0.4) is 0 Å². The van der Waals surface area contributed by atoms with Crippen LogP contribution in [0.2, 0.25) is 0 Å². The average molecular weight is 360 g/mol. The number of amides is 2. The Hall–Kier alpha value is -3.67. The first kappa shape index (κ1) is 16.8. The number of anilines is 1. The standard InChI is InChI=1S/C21H17FN4O/c22-16-5-1-14(2-6-16)13-25-21(27)26-17-7-3-15(4-8-17)18-9-11-23-20-19(18)10-12-24-20/h1-12H,13H2,(H,23,24)(H2,25,26,27). The summed E-state index contributed by atoms with van der Waals surface area (Å²) in [6.07, 6.45) is 3.63. The van der Waals surface area contributed by atoms with E-state index in [1.54, 1.807) is 18.3 Å². The highest BCUT2D eigenvalue weighted by Gasteiger charge is 2.06. The van der Waals surface area contributed by atoms with Crippen molar-refractivity contribution < 1.29 is 9.18 Å². The number of aromatic nitrogens is 2. The lowest BCUT2D eigenvalue weighted by Crippen LogP contribution is -2.28. The maximum absolute atomic E-state index is 12.9. The Morgan fingerprint density at radius 1 is 1.00 bits per heavy atom. The number of pyridine rings is 1. The van der Waals surface area contributed by atoms with E-state index in [1.165, 1.54) is 12.1 Å². The van der Waals surface area contributed by atoms with Gasteiger partial charge in [-0.25, -0.2) is 14.2 Å². The molecule has 2 aromatic carbocycles. The third kappa shape index (κ3) is 3.79. The summed E-state index contributed by atoms with van der Waals surface area (Å²) in [6, 6.07) is 17.3. The van der Waals surface area contributed by atoms with E-state index in [4.69, 9.17) is 0 Å². The third-order valence-corrected chi connectivity index (χ3v) is 4.28. The zero-order chi connectivity index (χ0) is 18.6. The summed E-state index contributed by atoms with van der Waals surface area (Å²) in [5.74, 6) is -0.297. The predicted molar refractivity (Wildman–Crippen MR) is 104 cm³/mol. The second kappa shape index (κ2) is 7.29. The Bertz CT molecular complexity index is 1070. The number of hydrogen-bond donors (Lipinski definition) is 3. The molecule has 4 rings (SSSR count). The van der Waals surface area contributed by atoms with Crippen molar-refractivity contribution in [2.24, 2.45) is 0 Å². The molecule has 0 aliphatic carbocycles. The van der Waals surface area contributed by atoms with Crippen LogP contribution < -0.4 is 10.6 Å². The van der Waals surface area contributed by atoms with Gasteiger partial charge in [0.15, 0.2) is 0 Å². The summed E-state index contributed by atoms with van der Waals surface area (Å²) in [7, 11) is 0. The highest BCUT2D eigenvalue weighted by Crippen LogP contribution is 2.27. The maximum atomic E-state index is 12.9. The first-order valence-electron chi connectivity index (χ1n) is 8.51. The smallest absolute Gasteiger partial charge is 0.319 e. The van der Waals surface area contributed by atoms with E-state index < -0.39 is 0 Å². The lowest BCUT2D eigenvalue weighted by atomic mass is 10.0. The van der Waals surface area contributed by atoms with Crippen molar-refractivity contribution in [2.75, 3.05) is 5.32 Å². The first-order valence-corrected chi connectivity index (χ1v) is 8.51. The molecule has 2 amide bonds. The summed E-state index contributed by atoms with van der Waals surface area (Å²) in [6.45, 7) is 0.326. The molecule has 0 spiro atoms. The molecule has 2 aromatic heterocycles. The quantitative estimate of drug-likeness (QED) is 0.494. The Kier molecular flexibility index (Phi) is 4.53. The predicted octanol–water partition coefficient (Wildman–Crippen LogP) is 4.69. The maximum Gasteiger partial charge on any atom is 0.319 e. The van der Waals surface area contributed by atoms with Crippen LogP contribution in [0.1, 0.15) is 5.56 Å². The van der Waals surface area contributed by atoms with Crippen molar-refractivity contribution in [3.8, 4) is 11.1 Å². The van der Waals surface area contributed by atoms with Gasteiger partial charge >= 0.3 is 6.03 Å². The number of fused-ring (bicyclic) bond motifs is 1. The topological polar surface area (TPSA) is 69.8 Å². The summed E-state index contributed by atoms with van der Waals surface area (Å²) in [4.78, 5) is 19.4. The van der Waals surface area contributed by atoms with E-state index >= 15 is 0 Å². The zero-order valence-electron chi connectivity index (χ0n) is 14.4. The molecule has 0 bridgehead atoms. The fourth-order valence-corrected chi connectivity index (χ4v) is 2.91. The molecule has 0 aliphatic heterocycles. The summed E-state index contributed by atoms with van der Waals surface area (Å²) >= 11 is 0. The number of nitrogens with zero attached hydrogens (tertiary/aromatic N) is 1. The number of hydrogen-bond acceptors (Lipinski definition) is 2. The van der Waals surface area contributed by atoms with E-state index in [-0.39, 0.29) is 11.8 Å². The van der Waals surface area contributed by atoms with E-state index in [0.29, 0.717) is 12.2 Å². The minimum Gasteiger partial charge on any atom is -0.346 e. The lowest BCUT2D eigenvalue weighted by molar-refractivity contribution is 0.251. The first-order chi connectivity index (χ1) is 13.2. The number of aromatic amines is 1. The van der Waals surface area contributed by atoms with Crippen LogP contribution in [0.5, 0.6) is 0 Å². The second-order valence-corrected chi connectivity index (χ2v) is 6.11. The second-order valence-electron chi connectivity index (χ2n) is 6.11. The lowest BCUT2D eigenvalue weighted by Gasteiger charge is -2.09. The molecule has 0 saturated heterocycles. The highest BCUT2D eigenvalue weighted by molar-refractivity contribution is 5.94. The van der Waals surface area contributed by atoms with Crippen LogP contribution in [0.25, 0.3) is 22.2 Å². The van der Waals surface area contributed by atoms with Gasteiger partial charge in [0.1, 0.15) is 11.5 Å². The summed E-state index contributed by atoms with van der Waals surface area (Å²) in [5, 5.41) is 6.59. The zero-order valence-corrected chi connectivity index (χ0v) is 14.4. The van der Waals surface area contributed by atoms with Crippen molar-refractivity contribution >= 4 is 22.8 Å². The monoisotopic (exact) mass is 360 g/mol. The molecular formula is C21H17FN4O. The van der Waals surface area contributed by atoms with E-state index in [0.717, 1.165) is 27.7 Å². The van der Waals surface area contributed by atoms with Crippen molar-refractivity contribution in [1.82, 2.24) is 15.3 Å². The van der Waals surface area contributed by atoms with Crippen molar-refractivity contribution in [3.05, 3.63) is 84.4 Å². The van der Waals surface area contributed by atoms with Crippen LogP contribution >= 0.6 is 0 Å². The van der Waals surface area contributed by atoms with Crippen molar-refractivity contribution in [2.45, 2.75) is 6.54 Å². The number of carbonyl (C=O) groups is 1. The molecule has 4 aromatic rings. The highest BCUT2D eigenvalue weighted by atomic mass is 19.1. The summed E-state index contributed by atoms with van der Waals surface area (Å²) in [5.41, 5.74) is 4.48. The van der Waals surface area contributed by atoms with Gasteiger partial charge in [0.05, 0.1) is 0 Å². The van der Waals surface area contributed by atoms with E-state index in [9.17, 15) is 9.18 Å². The van der Waals surface area contributed by atoms with Gasteiger partial charge in [0.25, 0.3) is 0 Å². The number of carbonyl (C=O) groups excluding carboxylic acids is 1. The van der Waals surface area contributed by atoms with Gasteiger partial charge in [0.2, 0.25) is 0 Å². The molecule has 0 fully saturated rings. The van der Waals surface area contributed by atoms with Crippen LogP contribution in [0.4, 0.5) is 14.9 Å². The molecule has 2 heterocycles. The van der Waals surface area contributed by atoms with E-state index in [2.05, 4.69) is 20.6 Å². The Morgan fingerprint density at radius 2 is 1.78 bits per heavy atom. The molecule has 0 aliphatic rings. The van der Waals surface area contributed by atoms with Crippen molar-refractivity contribution in [3.63, 3.8) is 0 Å². The van der Waals surface area contributed by atoms with Crippen molar-refractivity contribution in [1.29, 1.82) is 0 Å². The van der Waals surface area contributed by atoms with Gasteiger partial charge in [-0.1, -0.05) is 24.3 Å². The number of rotatable bonds is 4. The van der Waals surface area contributed by atoms with Crippen LogP contribution in [-0.4, -0.2) is 16.0 Å². The molecule has 5 nitrogen and oxygen atoms in total. The molecule has 27 heavy (non-hydrogen) atoms. The Morgan fingerprint density at radius 3 is 2.56 bits per heavy atom. The largest absolute Gasteiger partial charge is 0.346 e. The fourth-order valence-electron chi connectivity index (χ4n) is 2.91. The van der Waals surface area contributed by atoms with E-state index in [1.807, 2.05) is 42.6 Å². The Balaban J connectivity index is 1.41. The number of H-pyrrole nitrogens is 1. The van der Waals surface area contributed by atoms with Crippen LogP contribution in [0.15, 0.2) is 73.1 Å². The average Bonchev–Trinajstić information content (AvgIpc) is 3.17. The molecule has 0 unspecified atom stereocenters. The number of halogens is 1. The number of nitrogens with one attached hydrogen (secondary N) is 3. The third-order valence-electron chi connectivity index (χ3n) is 4.28. The van der Waals surface area contributed by atoms with Gasteiger partial charge in [-0.05, 0) is 53.1 Å². The SMILES string of the molecule is O=C(NCc1ccc(F)cc1)Nc1ccc(-c2ccnc3[nH]ccc23)cc1. The minimum absolute atomic E-state index is 0.297. The van der Waals surface area contributed by atoms with Crippen LogP contribution in [0, 0.1) is 5.82 Å². The fraction of sp³-hybridized carbons (Fsp3) is 0.0476. The molecule has 134 valence electrons. The molecule has 0 atom stereocenters.